The third-order valence-corrected chi connectivity index (χ3v) is 7.13. The molecule has 5 nitrogen and oxygen atoms in total. The summed E-state index contributed by atoms with van der Waals surface area (Å²) in [5, 5.41) is 9.69. The van der Waals surface area contributed by atoms with E-state index in [0.29, 0.717) is 31.1 Å². The van der Waals surface area contributed by atoms with Gasteiger partial charge >= 0.3 is 0 Å². The molecule has 0 saturated carbocycles. The highest BCUT2D eigenvalue weighted by Gasteiger charge is 2.31. The van der Waals surface area contributed by atoms with E-state index >= 15 is 0 Å². The van der Waals surface area contributed by atoms with Crippen LogP contribution >= 0.6 is 0 Å². The highest BCUT2D eigenvalue weighted by molar-refractivity contribution is 7.89. The summed E-state index contributed by atoms with van der Waals surface area (Å²) in [7, 11) is -3.49. The third kappa shape index (κ3) is 4.06. The zero-order valence-corrected chi connectivity index (χ0v) is 16.6. The van der Waals surface area contributed by atoms with Crippen LogP contribution in [0.3, 0.4) is 0 Å². The number of nitriles is 1. The van der Waals surface area contributed by atoms with Crippen LogP contribution in [0.25, 0.3) is 0 Å². The number of aryl methyl sites for hydroxylation is 2. The zero-order valence-electron chi connectivity index (χ0n) is 15.8. The quantitative estimate of drug-likeness (QED) is 0.796. The molecule has 1 fully saturated rings. The van der Waals surface area contributed by atoms with Gasteiger partial charge in [0.1, 0.15) is 6.04 Å². The molecule has 2 aromatic carbocycles. The molecular formula is C21H25N3O2S. The van der Waals surface area contributed by atoms with Gasteiger partial charge in [-0.2, -0.15) is 9.57 Å². The Bertz CT molecular complexity index is 925. The lowest BCUT2D eigenvalue weighted by Crippen LogP contribution is -2.49. The monoisotopic (exact) mass is 383 g/mol. The first-order chi connectivity index (χ1) is 13.0. The molecule has 1 atom stereocenters. The highest BCUT2D eigenvalue weighted by atomic mass is 32.2. The first kappa shape index (κ1) is 19.6. The Hall–Kier alpha value is -2.20. The van der Waals surface area contributed by atoms with Gasteiger partial charge < -0.3 is 0 Å². The maximum absolute atomic E-state index is 12.9. The average Bonchev–Trinajstić information content (AvgIpc) is 2.70. The van der Waals surface area contributed by atoms with Crippen LogP contribution in [0.4, 0.5) is 0 Å². The maximum Gasteiger partial charge on any atom is 0.243 e. The second-order valence-corrected chi connectivity index (χ2v) is 8.76. The number of piperazine rings is 1. The number of hydrogen-bond acceptors (Lipinski definition) is 4. The van der Waals surface area contributed by atoms with E-state index in [0.717, 1.165) is 23.1 Å². The van der Waals surface area contributed by atoms with Crippen LogP contribution in [-0.4, -0.2) is 43.8 Å². The van der Waals surface area contributed by atoms with Crippen LogP contribution in [0.1, 0.15) is 29.7 Å². The summed E-state index contributed by atoms with van der Waals surface area (Å²) in [5.74, 6) is 0. The average molecular weight is 384 g/mol. The van der Waals surface area contributed by atoms with E-state index in [1.54, 1.807) is 12.1 Å². The molecular weight excluding hydrogens is 358 g/mol. The Kier molecular flexibility index (Phi) is 5.95. The number of sulfonamides is 1. The number of rotatable bonds is 5. The second kappa shape index (κ2) is 8.22. The molecule has 1 saturated heterocycles. The van der Waals surface area contributed by atoms with Crippen molar-refractivity contribution in [1.29, 1.82) is 5.26 Å². The van der Waals surface area contributed by atoms with E-state index < -0.39 is 10.0 Å². The van der Waals surface area contributed by atoms with E-state index in [2.05, 4.69) is 11.0 Å². The summed E-state index contributed by atoms with van der Waals surface area (Å²) < 4.78 is 27.3. The van der Waals surface area contributed by atoms with Crippen molar-refractivity contribution in [2.24, 2.45) is 0 Å². The van der Waals surface area contributed by atoms with Gasteiger partial charge in [0.15, 0.2) is 0 Å². The number of hydrogen-bond donors (Lipinski definition) is 0. The van der Waals surface area contributed by atoms with Gasteiger partial charge in [-0.3, -0.25) is 4.90 Å². The molecule has 0 aliphatic carbocycles. The van der Waals surface area contributed by atoms with Gasteiger partial charge in [0.2, 0.25) is 10.0 Å². The van der Waals surface area contributed by atoms with Gasteiger partial charge in [0.05, 0.1) is 11.0 Å². The Morgan fingerprint density at radius 1 is 1.04 bits per heavy atom. The fourth-order valence-electron chi connectivity index (χ4n) is 3.49. The van der Waals surface area contributed by atoms with Gasteiger partial charge in [0, 0.05) is 26.2 Å². The summed E-state index contributed by atoms with van der Waals surface area (Å²) in [4.78, 5) is 2.40. The summed E-state index contributed by atoms with van der Waals surface area (Å²) in [6.07, 6.45) is 0.882. The molecule has 1 aliphatic heterocycles. The fourth-order valence-corrected chi connectivity index (χ4v) is 4.91. The van der Waals surface area contributed by atoms with E-state index in [9.17, 15) is 13.7 Å². The molecule has 6 heteroatoms. The molecule has 142 valence electrons. The Morgan fingerprint density at radius 2 is 1.67 bits per heavy atom. The molecule has 0 spiro atoms. The molecule has 1 heterocycles. The van der Waals surface area contributed by atoms with E-state index in [4.69, 9.17) is 0 Å². The summed E-state index contributed by atoms with van der Waals surface area (Å²) >= 11 is 0. The minimum absolute atomic E-state index is 0.337. The van der Waals surface area contributed by atoms with Crippen molar-refractivity contribution in [3.8, 4) is 6.07 Å². The van der Waals surface area contributed by atoms with Crippen LogP contribution in [-0.2, 0) is 16.4 Å². The largest absolute Gasteiger partial charge is 0.282 e. The molecule has 0 bridgehead atoms. The van der Waals surface area contributed by atoms with E-state index in [1.165, 1.54) is 4.31 Å². The van der Waals surface area contributed by atoms with Crippen molar-refractivity contribution in [3.05, 3.63) is 65.2 Å². The van der Waals surface area contributed by atoms with Crippen molar-refractivity contribution in [3.63, 3.8) is 0 Å². The molecule has 3 rings (SSSR count). The molecule has 1 aliphatic rings. The van der Waals surface area contributed by atoms with Crippen LogP contribution < -0.4 is 0 Å². The minimum atomic E-state index is -3.49. The van der Waals surface area contributed by atoms with Gasteiger partial charge in [-0.25, -0.2) is 8.42 Å². The Morgan fingerprint density at radius 3 is 2.22 bits per heavy atom. The molecule has 0 radical (unpaired) electrons. The molecule has 0 amide bonds. The van der Waals surface area contributed by atoms with Crippen LogP contribution in [0.2, 0.25) is 0 Å². The summed E-state index contributed by atoms with van der Waals surface area (Å²) in [6.45, 7) is 5.91. The first-order valence-electron chi connectivity index (χ1n) is 9.25. The van der Waals surface area contributed by atoms with Crippen LogP contribution in [0, 0.1) is 18.3 Å². The molecule has 0 N–H and O–H groups in total. The summed E-state index contributed by atoms with van der Waals surface area (Å²) in [6, 6.07) is 17.0. The molecule has 1 unspecified atom stereocenters. The predicted octanol–water partition coefficient (Wildman–Crippen LogP) is 3.13. The third-order valence-electron chi connectivity index (χ3n) is 5.21. The number of benzene rings is 2. The smallest absolute Gasteiger partial charge is 0.243 e. The molecule has 27 heavy (non-hydrogen) atoms. The topological polar surface area (TPSA) is 64.4 Å². The van der Waals surface area contributed by atoms with Crippen molar-refractivity contribution < 1.29 is 8.42 Å². The lowest BCUT2D eigenvalue weighted by Gasteiger charge is -2.36. The number of nitrogens with zero attached hydrogens (tertiary/aromatic N) is 3. The first-order valence-corrected chi connectivity index (χ1v) is 10.7. The van der Waals surface area contributed by atoms with E-state index in [-0.39, 0.29) is 6.04 Å². The van der Waals surface area contributed by atoms with Gasteiger partial charge in [-0.15, -0.1) is 0 Å². The normalized spacial score (nSPS) is 17.4. The molecule has 2 aromatic rings. The van der Waals surface area contributed by atoms with Crippen molar-refractivity contribution >= 4 is 10.0 Å². The summed E-state index contributed by atoms with van der Waals surface area (Å²) in [5.41, 5.74) is 3.19. The van der Waals surface area contributed by atoms with Gasteiger partial charge in [-0.1, -0.05) is 43.3 Å². The minimum Gasteiger partial charge on any atom is -0.282 e. The SMILES string of the molecule is CCc1ccc(S(=O)(=O)N2CCN(C(C#N)c3ccccc3C)CC2)cc1. The zero-order chi connectivity index (χ0) is 19.4. The lowest BCUT2D eigenvalue weighted by molar-refractivity contribution is 0.162. The lowest BCUT2D eigenvalue weighted by atomic mass is 10.0. The van der Waals surface area contributed by atoms with Crippen LogP contribution in [0.5, 0.6) is 0 Å². The van der Waals surface area contributed by atoms with Crippen LogP contribution in [0.15, 0.2) is 53.4 Å². The van der Waals surface area contributed by atoms with E-state index in [1.807, 2.05) is 50.2 Å². The van der Waals surface area contributed by atoms with Gasteiger partial charge in [-0.05, 0) is 42.2 Å². The Balaban J connectivity index is 1.72. The maximum atomic E-state index is 12.9. The second-order valence-electron chi connectivity index (χ2n) is 6.83. The standard InChI is InChI=1S/C21H25N3O2S/c1-3-18-8-10-19(11-9-18)27(25,26)24-14-12-23(13-15-24)21(16-22)20-7-5-4-6-17(20)2/h4-11,21H,3,12-15H2,1-2H3. The van der Waals surface area contributed by atoms with Gasteiger partial charge in [0.25, 0.3) is 0 Å². The molecule has 0 aromatic heterocycles. The highest BCUT2D eigenvalue weighted by Crippen LogP contribution is 2.26. The van der Waals surface area contributed by atoms with Crippen molar-refractivity contribution in [2.75, 3.05) is 26.2 Å². The van der Waals surface area contributed by atoms with Crippen molar-refractivity contribution in [1.82, 2.24) is 9.21 Å². The van der Waals surface area contributed by atoms with Crippen molar-refractivity contribution in [2.45, 2.75) is 31.2 Å². The fraction of sp³-hybridized carbons (Fsp3) is 0.381. The Labute approximate surface area is 161 Å². The predicted molar refractivity (Wildman–Crippen MR) is 106 cm³/mol.